The molecule has 2 aromatic carbocycles. The van der Waals surface area contributed by atoms with Gasteiger partial charge in [-0.15, -0.1) is 0 Å². The molecule has 0 bridgehead atoms. The summed E-state index contributed by atoms with van der Waals surface area (Å²) < 4.78 is 31.6. The molecule has 0 aliphatic carbocycles. The molecule has 2 aromatic rings. The fourth-order valence-electron chi connectivity index (χ4n) is 3.66. The average molecular weight is 535 g/mol. The van der Waals surface area contributed by atoms with Gasteiger partial charge < -0.3 is 15.0 Å². The molecule has 37 heavy (non-hydrogen) atoms. The van der Waals surface area contributed by atoms with Crippen molar-refractivity contribution in [3.63, 3.8) is 0 Å². The summed E-state index contributed by atoms with van der Waals surface area (Å²) in [6.07, 6.45) is 2.58. The topological polar surface area (TPSA) is 139 Å². The van der Waals surface area contributed by atoms with Gasteiger partial charge in [0.05, 0.1) is 24.0 Å². The number of hydrogen-bond acceptors (Lipinski definition) is 7. The van der Waals surface area contributed by atoms with E-state index in [-0.39, 0.29) is 23.8 Å². The lowest BCUT2D eigenvalue weighted by Crippen LogP contribution is -2.51. The molecule has 12 heteroatoms. The van der Waals surface area contributed by atoms with Crippen LogP contribution in [0, 0.1) is 17.0 Å². The standard InChI is InChI=1S/C25H34N4O7S/c1-6-7-13-26-25(31)19(3)27(16-20-9-8-10-22(14-20)36-4)24(30)17-28(37(5,34)35)23-15-21(29(32)33)12-11-18(23)2/h8-12,14-15,19H,6-7,13,16-17H2,1-5H3,(H,26,31)/t19-/m1/s1. The minimum atomic E-state index is -4.02. The summed E-state index contributed by atoms with van der Waals surface area (Å²) in [7, 11) is -2.50. The Hall–Kier alpha value is -3.67. The fourth-order valence-corrected chi connectivity index (χ4v) is 4.56. The lowest BCUT2D eigenvalue weighted by Gasteiger charge is -2.32. The molecule has 0 aliphatic heterocycles. The second-order valence-electron chi connectivity index (χ2n) is 8.69. The van der Waals surface area contributed by atoms with Crippen molar-refractivity contribution >= 4 is 33.2 Å². The lowest BCUT2D eigenvalue weighted by atomic mass is 10.1. The van der Waals surface area contributed by atoms with Gasteiger partial charge in [-0.25, -0.2) is 8.42 Å². The van der Waals surface area contributed by atoms with Crippen LogP contribution in [0.25, 0.3) is 0 Å². The highest BCUT2D eigenvalue weighted by Crippen LogP contribution is 2.28. The number of sulfonamides is 1. The number of methoxy groups -OCH3 is 1. The average Bonchev–Trinajstić information content (AvgIpc) is 2.85. The first-order valence-electron chi connectivity index (χ1n) is 11.8. The van der Waals surface area contributed by atoms with Crippen molar-refractivity contribution in [2.24, 2.45) is 0 Å². The molecule has 0 radical (unpaired) electrons. The number of nitrogens with one attached hydrogen (secondary N) is 1. The number of nitro groups is 1. The number of aryl methyl sites for hydroxylation is 1. The second-order valence-corrected chi connectivity index (χ2v) is 10.6. The first-order valence-corrected chi connectivity index (χ1v) is 13.7. The van der Waals surface area contributed by atoms with Gasteiger partial charge in [0.25, 0.3) is 5.69 Å². The smallest absolute Gasteiger partial charge is 0.271 e. The van der Waals surface area contributed by atoms with Crippen LogP contribution in [0.15, 0.2) is 42.5 Å². The van der Waals surface area contributed by atoms with Crippen LogP contribution < -0.4 is 14.4 Å². The maximum Gasteiger partial charge on any atom is 0.271 e. The van der Waals surface area contributed by atoms with E-state index in [0.29, 0.717) is 23.4 Å². The summed E-state index contributed by atoms with van der Waals surface area (Å²) in [5, 5.41) is 14.1. The summed E-state index contributed by atoms with van der Waals surface area (Å²) in [5.41, 5.74) is 0.830. The van der Waals surface area contributed by atoms with Gasteiger partial charge in [-0.3, -0.25) is 24.0 Å². The van der Waals surface area contributed by atoms with Crippen LogP contribution >= 0.6 is 0 Å². The number of anilines is 1. The molecule has 11 nitrogen and oxygen atoms in total. The minimum absolute atomic E-state index is 0.0178. The van der Waals surface area contributed by atoms with Crippen LogP contribution in [0.4, 0.5) is 11.4 Å². The van der Waals surface area contributed by atoms with Crippen molar-refractivity contribution in [3.05, 3.63) is 63.7 Å². The van der Waals surface area contributed by atoms with Crippen molar-refractivity contribution in [1.82, 2.24) is 10.2 Å². The Kier molecular flexibility index (Phi) is 10.4. The molecule has 0 aromatic heterocycles. The summed E-state index contributed by atoms with van der Waals surface area (Å²) in [4.78, 5) is 38.4. The predicted molar refractivity (Wildman–Crippen MR) is 141 cm³/mol. The third-order valence-electron chi connectivity index (χ3n) is 5.84. The number of carbonyl (C=O) groups excluding carboxylic acids is 2. The number of benzene rings is 2. The van der Waals surface area contributed by atoms with Crippen LogP contribution in [-0.4, -0.2) is 62.6 Å². The number of unbranched alkanes of at least 4 members (excludes halogenated alkanes) is 1. The van der Waals surface area contributed by atoms with E-state index in [0.717, 1.165) is 29.5 Å². The van der Waals surface area contributed by atoms with Crippen molar-refractivity contribution in [2.45, 2.75) is 46.2 Å². The highest BCUT2D eigenvalue weighted by Gasteiger charge is 2.31. The maximum atomic E-state index is 13.6. The molecular formula is C25H34N4O7S. The van der Waals surface area contributed by atoms with Crippen molar-refractivity contribution in [1.29, 1.82) is 0 Å². The number of ether oxygens (including phenoxy) is 1. The molecule has 0 spiro atoms. The quantitative estimate of drug-likeness (QED) is 0.237. The van der Waals surface area contributed by atoms with Gasteiger partial charge in [0.1, 0.15) is 18.3 Å². The number of carbonyl (C=O) groups is 2. The third kappa shape index (κ3) is 8.17. The number of hydrogen-bond donors (Lipinski definition) is 1. The molecule has 0 heterocycles. The first kappa shape index (κ1) is 29.6. The maximum absolute atomic E-state index is 13.6. The Morgan fingerprint density at radius 3 is 2.49 bits per heavy atom. The van der Waals surface area contributed by atoms with Crippen molar-refractivity contribution < 1.29 is 27.7 Å². The van der Waals surface area contributed by atoms with Gasteiger partial charge in [-0.05, 0) is 43.5 Å². The number of amides is 2. The number of non-ortho nitro benzene ring substituents is 1. The molecule has 0 saturated heterocycles. The predicted octanol–water partition coefficient (Wildman–Crippen LogP) is 3.01. The first-order chi connectivity index (χ1) is 17.4. The molecular weight excluding hydrogens is 500 g/mol. The zero-order chi connectivity index (χ0) is 27.8. The number of nitro benzene ring substituents is 1. The number of rotatable bonds is 13. The van der Waals surface area contributed by atoms with Crippen LogP contribution in [0.1, 0.15) is 37.8 Å². The van der Waals surface area contributed by atoms with E-state index in [1.165, 1.54) is 24.1 Å². The normalized spacial score (nSPS) is 11.9. The molecule has 1 atom stereocenters. The molecule has 1 N–H and O–H groups in total. The highest BCUT2D eigenvalue weighted by molar-refractivity contribution is 7.92. The molecule has 202 valence electrons. The zero-order valence-corrected chi connectivity index (χ0v) is 22.6. The fraction of sp³-hybridized carbons (Fsp3) is 0.440. The Balaban J connectivity index is 2.46. The Morgan fingerprint density at radius 2 is 1.89 bits per heavy atom. The van der Waals surface area contributed by atoms with E-state index in [2.05, 4.69) is 5.32 Å². The Morgan fingerprint density at radius 1 is 1.19 bits per heavy atom. The van der Waals surface area contributed by atoms with Crippen molar-refractivity contribution in [2.75, 3.05) is 30.8 Å². The lowest BCUT2D eigenvalue weighted by molar-refractivity contribution is -0.384. The summed E-state index contributed by atoms with van der Waals surface area (Å²) in [6, 6.07) is 9.88. The van der Waals surface area contributed by atoms with E-state index in [4.69, 9.17) is 4.74 Å². The van der Waals surface area contributed by atoms with E-state index in [1.807, 2.05) is 6.92 Å². The summed E-state index contributed by atoms with van der Waals surface area (Å²) in [6.45, 7) is 4.98. The summed E-state index contributed by atoms with van der Waals surface area (Å²) >= 11 is 0. The van der Waals surface area contributed by atoms with Crippen LogP contribution in [0.3, 0.4) is 0 Å². The molecule has 0 aliphatic rings. The van der Waals surface area contributed by atoms with E-state index < -0.39 is 33.4 Å². The molecule has 0 saturated carbocycles. The zero-order valence-electron chi connectivity index (χ0n) is 21.8. The second kappa shape index (κ2) is 13.0. The van der Waals surface area contributed by atoms with Crippen LogP contribution in [0.5, 0.6) is 5.75 Å². The monoisotopic (exact) mass is 534 g/mol. The van der Waals surface area contributed by atoms with E-state index >= 15 is 0 Å². The minimum Gasteiger partial charge on any atom is -0.497 e. The van der Waals surface area contributed by atoms with Gasteiger partial charge in [-0.1, -0.05) is 31.5 Å². The Bertz CT molecular complexity index is 1230. The van der Waals surface area contributed by atoms with E-state index in [1.54, 1.807) is 38.1 Å². The summed E-state index contributed by atoms with van der Waals surface area (Å²) in [5.74, 6) is -0.450. The Labute approximate surface area is 217 Å². The highest BCUT2D eigenvalue weighted by atomic mass is 32.2. The SMILES string of the molecule is CCCCNC(=O)[C@@H](C)N(Cc1cccc(OC)c1)C(=O)CN(c1cc([N+](=O)[O-])ccc1C)S(C)(=O)=O. The van der Waals surface area contributed by atoms with Crippen LogP contribution in [-0.2, 0) is 26.2 Å². The molecule has 0 fully saturated rings. The largest absolute Gasteiger partial charge is 0.497 e. The van der Waals surface area contributed by atoms with Crippen LogP contribution in [0.2, 0.25) is 0 Å². The van der Waals surface area contributed by atoms with Gasteiger partial charge in [0.15, 0.2) is 0 Å². The molecule has 2 amide bonds. The molecule has 0 unspecified atom stereocenters. The molecule has 2 rings (SSSR count). The van der Waals surface area contributed by atoms with Gasteiger partial charge in [-0.2, -0.15) is 0 Å². The van der Waals surface area contributed by atoms with Gasteiger partial charge in [0, 0.05) is 25.2 Å². The van der Waals surface area contributed by atoms with E-state index in [9.17, 15) is 28.1 Å². The van der Waals surface area contributed by atoms with Crippen molar-refractivity contribution in [3.8, 4) is 5.75 Å². The van der Waals surface area contributed by atoms with Gasteiger partial charge >= 0.3 is 0 Å². The van der Waals surface area contributed by atoms with Gasteiger partial charge in [0.2, 0.25) is 21.8 Å². The number of nitrogens with zero attached hydrogens (tertiary/aromatic N) is 3. The third-order valence-corrected chi connectivity index (χ3v) is 6.96.